The zero-order valence-corrected chi connectivity index (χ0v) is 14.1. The number of amides is 2. The number of Topliss-reactive ketones (excluding diaryl/α,β-unsaturated/α-hetero) is 1. The van der Waals surface area contributed by atoms with Crippen molar-refractivity contribution < 1.29 is 9.59 Å². The number of hydrogen-bond acceptors (Lipinski definition) is 2. The number of nitrogens with one attached hydrogen (secondary N) is 1. The molecule has 0 aromatic heterocycles. The molecule has 0 atom stereocenters. The molecule has 0 spiro atoms. The van der Waals surface area contributed by atoms with Gasteiger partial charge in [-0.25, -0.2) is 4.79 Å². The van der Waals surface area contributed by atoms with Gasteiger partial charge in [-0.3, -0.25) is 4.79 Å². The Kier molecular flexibility index (Phi) is 5.33. The third kappa shape index (κ3) is 4.18. The SMILES string of the molecule is CC(=O)c1ccc(NC(=O)N(C)Cc2ccccc2Br)cc1. The second kappa shape index (κ2) is 7.22. The largest absolute Gasteiger partial charge is 0.323 e. The molecule has 0 heterocycles. The monoisotopic (exact) mass is 360 g/mol. The molecule has 0 bridgehead atoms. The summed E-state index contributed by atoms with van der Waals surface area (Å²) in [5.74, 6) is 0.00363. The van der Waals surface area contributed by atoms with Crippen LogP contribution in [0.25, 0.3) is 0 Å². The van der Waals surface area contributed by atoms with Gasteiger partial charge in [-0.15, -0.1) is 0 Å². The summed E-state index contributed by atoms with van der Waals surface area (Å²) in [5.41, 5.74) is 2.32. The van der Waals surface area contributed by atoms with Gasteiger partial charge in [0.25, 0.3) is 0 Å². The first-order chi connectivity index (χ1) is 10.5. The van der Waals surface area contributed by atoms with Gasteiger partial charge in [-0.2, -0.15) is 0 Å². The number of nitrogens with zero attached hydrogens (tertiary/aromatic N) is 1. The van der Waals surface area contributed by atoms with E-state index in [4.69, 9.17) is 0 Å². The van der Waals surface area contributed by atoms with Crippen LogP contribution in [0.15, 0.2) is 53.0 Å². The summed E-state index contributed by atoms with van der Waals surface area (Å²) in [4.78, 5) is 25.0. The van der Waals surface area contributed by atoms with Crippen molar-refractivity contribution in [3.63, 3.8) is 0 Å². The number of carbonyl (C=O) groups excluding carboxylic acids is 2. The zero-order valence-electron chi connectivity index (χ0n) is 12.5. The Hall–Kier alpha value is -2.14. The minimum Gasteiger partial charge on any atom is -0.323 e. The van der Waals surface area contributed by atoms with E-state index in [9.17, 15) is 9.59 Å². The van der Waals surface area contributed by atoms with Crippen LogP contribution in [0.4, 0.5) is 10.5 Å². The molecule has 0 aliphatic carbocycles. The van der Waals surface area contributed by atoms with Crippen LogP contribution >= 0.6 is 15.9 Å². The lowest BCUT2D eigenvalue weighted by Gasteiger charge is -2.19. The van der Waals surface area contributed by atoms with Crippen LogP contribution in [0.1, 0.15) is 22.8 Å². The van der Waals surface area contributed by atoms with Crippen molar-refractivity contribution in [2.45, 2.75) is 13.5 Å². The van der Waals surface area contributed by atoms with E-state index in [1.54, 1.807) is 36.2 Å². The maximum Gasteiger partial charge on any atom is 0.321 e. The lowest BCUT2D eigenvalue weighted by atomic mass is 10.1. The summed E-state index contributed by atoms with van der Waals surface area (Å²) in [5, 5.41) is 2.81. The minimum absolute atomic E-state index is 0.00363. The topological polar surface area (TPSA) is 49.4 Å². The Morgan fingerprint density at radius 3 is 2.32 bits per heavy atom. The maximum atomic E-state index is 12.2. The molecule has 0 saturated carbocycles. The van der Waals surface area contributed by atoms with E-state index < -0.39 is 0 Å². The Bertz CT molecular complexity index is 683. The smallest absolute Gasteiger partial charge is 0.321 e. The first-order valence-electron chi connectivity index (χ1n) is 6.84. The van der Waals surface area contributed by atoms with Crippen molar-refractivity contribution in [1.82, 2.24) is 4.90 Å². The number of halogens is 1. The van der Waals surface area contributed by atoms with Crippen LogP contribution in [-0.2, 0) is 6.54 Å². The third-order valence-corrected chi connectivity index (χ3v) is 4.03. The van der Waals surface area contributed by atoms with E-state index in [-0.39, 0.29) is 11.8 Å². The number of ketones is 1. The highest BCUT2D eigenvalue weighted by molar-refractivity contribution is 9.10. The van der Waals surface area contributed by atoms with E-state index in [1.165, 1.54) is 6.92 Å². The quantitative estimate of drug-likeness (QED) is 0.825. The second-order valence-electron chi connectivity index (χ2n) is 5.01. The van der Waals surface area contributed by atoms with Crippen LogP contribution in [-0.4, -0.2) is 23.8 Å². The molecule has 22 heavy (non-hydrogen) atoms. The molecule has 2 rings (SSSR count). The summed E-state index contributed by atoms with van der Waals surface area (Å²) in [6.07, 6.45) is 0. The fourth-order valence-corrected chi connectivity index (χ4v) is 2.37. The first-order valence-corrected chi connectivity index (χ1v) is 7.63. The standard InChI is InChI=1S/C17H17BrN2O2/c1-12(21)13-7-9-15(10-8-13)19-17(22)20(2)11-14-5-3-4-6-16(14)18/h3-10H,11H2,1-2H3,(H,19,22). The van der Waals surface area contributed by atoms with Crippen molar-refractivity contribution in [2.75, 3.05) is 12.4 Å². The van der Waals surface area contributed by atoms with Gasteiger partial charge >= 0.3 is 6.03 Å². The Balaban J connectivity index is 1.99. The molecule has 2 amide bonds. The van der Waals surface area contributed by atoms with Gasteiger partial charge in [0.1, 0.15) is 0 Å². The normalized spacial score (nSPS) is 10.1. The molecule has 4 nitrogen and oxygen atoms in total. The van der Waals surface area contributed by atoms with Crippen LogP contribution in [0.2, 0.25) is 0 Å². The first kappa shape index (κ1) is 16.2. The van der Waals surface area contributed by atoms with Crippen LogP contribution in [0, 0.1) is 0 Å². The fraction of sp³-hybridized carbons (Fsp3) is 0.176. The fourth-order valence-electron chi connectivity index (χ4n) is 1.96. The summed E-state index contributed by atoms with van der Waals surface area (Å²) < 4.78 is 0.973. The van der Waals surface area contributed by atoms with Gasteiger partial charge in [0.15, 0.2) is 5.78 Å². The van der Waals surface area contributed by atoms with Gasteiger partial charge in [0.05, 0.1) is 0 Å². The highest BCUT2D eigenvalue weighted by atomic mass is 79.9. The molecular formula is C17H17BrN2O2. The van der Waals surface area contributed by atoms with Crippen molar-refractivity contribution in [1.29, 1.82) is 0 Å². The van der Waals surface area contributed by atoms with E-state index in [0.717, 1.165) is 10.0 Å². The molecule has 2 aromatic rings. The molecule has 0 radical (unpaired) electrons. The molecular weight excluding hydrogens is 344 g/mol. The van der Waals surface area contributed by atoms with E-state index >= 15 is 0 Å². The van der Waals surface area contributed by atoms with E-state index in [1.807, 2.05) is 24.3 Å². The average molecular weight is 361 g/mol. The molecule has 0 fully saturated rings. The lowest BCUT2D eigenvalue weighted by molar-refractivity contribution is 0.101. The van der Waals surface area contributed by atoms with Crippen molar-refractivity contribution in [2.24, 2.45) is 0 Å². The molecule has 0 aliphatic rings. The van der Waals surface area contributed by atoms with Gasteiger partial charge in [-0.1, -0.05) is 34.1 Å². The number of urea groups is 1. The molecule has 5 heteroatoms. The molecule has 0 saturated heterocycles. The summed E-state index contributed by atoms with van der Waals surface area (Å²) in [6.45, 7) is 2.01. The van der Waals surface area contributed by atoms with Gasteiger partial charge < -0.3 is 10.2 Å². The second-order valence-corrected chi connectivity index (χ2v) is 5.87. The number of rotatable bonds is 4. The minimum atomic E-state index is -0.202. The van der Waals surface area contributed by atoms with Crippen LogP contribution < -0.4 is 5.32 Å². The van der Waals surface area contributed by atoms with Gasteiger partial charge in [0.2, 0.25) is 0 Å². The van der Waals surface area contributed by atoms with E-state index in [2.05, 4.69) is 21.2 Å². The highest BCUT2D eigenvalue weighted by Crippen LogP contribution is 2.18. The molecule has 0 unspecified atom stereocenters. The molecule has 0 aliphatic heterocycles. The summed E-state index contributed by atoms with van der Waals surface area (Å²) >= 11 is 3.47. The number of hydrogen-bond donors (Lipinski definition) is 1. The van der Waals surface area contributed by atoms with Crippen LogP contribution in [0.3, 0.4) is 0 Å². The number of anilines is 1. The molecule has 1 N–H and O–H groups in total. The Morgan fingerprint density at radius 1 is 1.09 bits per heavy atom. The molecule has 114 valence electrons. The van der Waals surface area contributed by atoms with Crippen molar-refractivity contribution in [3.05, 3.63) is 64.1 Å². The average Bonchev–Trinajstić information content (AvgIpc) is 2.50. The van der Waals surface area contributed by atoms with Crippen molar-refractivity contribution >= 4 is 33.4 Å². The number of carbonyl (C=O) groups is 2. The zero-order chi connectivity index (χ0) is 16.1. The summed E-state index contributed by atoms with van der Waals surface area (Å²) in [7, 11) is 1.73. The predicted molar refractivity (Wildman–Crippen MR) is 91.1 cm³/mol. The van der Waals surface area contributed by atoms with Gasteiger partial charge in [-0.05, 0) is 42.8 Å². The molecule has 2 aromatic carbocycles. The predicted octanol–water partition coefficient (Wildman–Crippen LogP) is 4.32. The highest BCUT2D eigenvalue weighted by Gasteiger charge is 2.11. The van der Waals surface area contributed by atoms with Gasteiger partial charge in [0, 0.05) is 29.3 Å². The van der Waals surface area contributed by atoms with E-state index in [0.29, 0.717) is 17.8 Å². The Morgan fingerprint density at radius 2 is 1.73 bits per heavy atom. The maximum absolute atomic E-state index is 12.2. The number of benzene rings is 2. The van der Waals surface area contributed by atoms with Crippen LogP contribution in [0.5, 0.6) is 0 Å². The van der Waals surface area contributed by atoms with Crippen molar-refractivity contribution in [3.8, 4) is 0 Å². The third-order valence-electron chi connectivity index (χ3n) is 3.25. The Labute approximate surface area is 138 Å². The lowest BCUT2D eigenvalue weighted by Crippen LogP contribution is -2.30. The summed E-state index contributed by atoms with van der Waals surface area (Å²) in [6, 6.07) is 14.4.